The van der Waals surface area contributed by atoms with E-state index in [-0.39, 0.29) is 6.10 Å². The lowest BCUT2D eigenvalue weighted by molar-refractivity contribution is 0.109. The summed E-state index contributed by atoms with van der Waals surface area (Å²) < 4.78 is 0. The summed E-state index contributed by atoms with van der Waals surface area (Å²) in [5, 5.41) is 16.1. The fourth-order valence-electron chi connectivity index (χ4n) is 1.97. The smallest absolute Gasteiger partial charge is 0.0692 e. The van der Waals surface area contributed by atoms with Gasteiger partial charge in [-0.2, -0.15) is 0 Å². The van der Waals surface area contributed by atoms with Gasteiger partial charge in [-0.3, -0.25) is 0 Å². The number of hydrogen-bond acceptors (Lipinski definition) is 3. The molecule has 0 aromatic carbocycles. The molecule has 0 heterocycles. The van der Waals surface area contributed by atoms with Crippen LogP contribution >= 0.6 is 0 Å². The van der Waals surface area contributed by atoms with Gasteiger partial charge in [0.1, 0.15) is 0 Å². The molecule has 0 spiro atoms. The first-order chi connectivity index (χ1) is 6.34. The van der Waals surface area contributed by atoms with E-state index in [0.29, 0.717) is 5.92 Å². The summed E-state index contributed by atoms with van der Waals surface area (Å²) in [6.45, 7) is 2.67. The molecule has 0 aromatic rings. The van der Waals surface area contributed by atoms with Crippen LogP contribution in [-0.2, 0) is 0 Å². The maximum atomic E-state index is 9.77. The first kappa shape index (κ1) is 11.0. The lowest BCUT2D eigenvalue weighted by Gasteiger charge is -2.17. The average molecular weight is 186 g/mol. The summed E-state index contributed by atoms with van der Waals surface area (Å²) in [6, 6.07) is 0. The van der Waals surface area contributed by atoms with Crippen LogP contribution in [0.4, 0.5) is 0 Å². The fraction of sp³-hybridized carbons (Fsp3) is 1.00. The van der Waals surface area contributed by atoms with E-state index in [2.05, 4.69) is 10.6 Å². The van der Waals surface area contributed by atoms with Gasteiger partial charge in [0.15, 0.2) is 0 Å². The van der Waals surface area contributed by atoms with Gasteiger partial charge in [0, 0.05) is 19.6 Å². The predicted molar refractivity (Wildman–Crippen MR) is 54.8 cm³/mol. The monoisotopic (exact) mass is 186 g/mol. The Hall–Kier alpha value is -0.120. The Morgan fingerprint density at radius 3 is 2.62 bits per heavy atom. The van der Waals surface area contributed by atoms with Crippen molar-refractivity contribution in [1.82, 2.24) is 10.6 Å². The van der Waals surface area contributed by atoms with Crippen LogP contribution in [0.15, 0.2) is 0 Å². The lowest BCUT2D eigenvalue weighted by atomic mass is 10.0. The van der Waals surface area contributed by atoms with E-state index in [4.69, 9.17) is 0 Å². The van der Waals surface area contributed by atoms with Crippen molar-refractivity contribution in [2.75, 3.05) is 26.7 Å². The number of nitrogens with one attached hydrogen (secondary N) is 2. The van der Waals surface area contributed by atoms with Crippen molar-refractivity contribution in [3.8, 4) is 0 Å². The molecule has 78 valence electrons. The van der Waals surface area contributed by atoms with E-state index in [0.717, 1.165) is 19.6 Å². The minimum absolute atomic E-state index is 0.126. The highest BCUT2D eigenvalue weighted by Gasteiger charge is 2.22. The topological polar surface area (TPSA) is 44.3 Å². The quantitative estimate of drug-likeness (QED) is 0.524. The highest BCUT2D eigenvalue weighted by molar-refractivity contribution is 4.76. The first-order valence-corrected chi connectivity index (χ1v) is 5.38. The molecule has 0 aliphatic heterocycles. The number of hydrogen-bond donors (Lipinski definition) is 3. The maximum absolute atomic E-state index is 9.77. The second kappa shape index (κ2) is 6.35. The Morgan fingerprint density at radius 1 is 1.31 bits per heavy atom. The molecule has 1 aliphatic carbocycles. The molecule has 1 rings (SSSR count). The molecule has 3 nitrogen and oxygen atoms in total. The summed E-state index contributed by atoms with van der Waals surface area (Å²) >= 11 is 0. The molecule has 13 heavy (non-hydrogen) atoms. The molecular formula is C10H22N2O. The zero-order valence-corrected chi connectivity index (χ0v) is 8.55. The van der Waals surface area contributed by atoms with Crippen LogP contribution < -0.4 is 10.6 Å². The summed E-state index contributed by atoms with van der Waals surface area (Å²) in [5.41, 5.74) is 0. The fourth-order valence-corrected chi connectivity index (χ4v) is 1.97. The second-order valence-electron chi connectivity index (χ2n) is 3.92. The van der Waals surface area contributed by atoms with Crippen LogP contribution in [0.3, 0.4) is 0 Å². The van der Waals surface area contributed by atoms with Crippen molar-refractivity contribution in [2.45, 2.75) is 31.8 Å². The molecule has 0 radical (unpaired) electrons. The van der Waals surface area contributed by atoms with Gasteiger partial charge in [-0.1, -0.05) is 12.8 Å². The predicted octanol–water partition coefficient (Wildman–Crippen LogP) is 0.346. The molecule has 3 heteroatoms. The summed E-state index contributed by atoms with van der Waals surface area (Å²) in [4.78, 5) is 0. The first-order valence-electron chi connectivity index (χ1n) is 5.38. The molecule has 3 N–H and O–H groups in total. The zero-order chi connectivity index (χ0) is 9.52. The van der Waals surface area contributed by atoms with Crippen LogP contribution in [0, 0.1) is 5.92 Å². The zero-order valence-electron chi connectivity index (χ0n) is 8.55. The second-order valence-corrected chi connectivity index (χ2v) is 3.92. The number of rotatable bonds is 6. The van der Waals surface area contributed by atoms with E-state index in [1.54, 1.807) is 0 Å². The lowest BCUT2D eigenvalue weighted by Crippen LogP contribution is -2.35. The SMILES string of the molecule is CNCCNC[C@H](O)C1CCCC1. The summed E-state index contributed by atoms with van der Waals surface area (Å²) in [7, 11) is 1.94. The molecular weight excluding hydrogens is 164 g/mol. The standard InChI is InChI=1S/C10H22N2O/c1-11-6-7-12-8-10(13)9-4-2-3-5-9/h9-13H,2-8H2,1H3/t10-/m0/s1. The largest absolute Gasteiger partial charge is 0.392 e. The van der Waals surface area contributed by atoms with Crippen LogP contribution in [0.1, 0.15) is 25.7 Å². The van der Waals surface area contributed by atoms with Crippen LogP contribution in [-0.4, -0.2) is 37.9 Å². The van der Waals surface area contributed by atoms with Gasteiger partial charge in [-0.05, 0) is 25.8 Å². The van der Waals surface area contributed by atoms with Crippen molar-refractivity contribution >= 4 is 0 Å². The van der Waals surface area contributed by atoms with Crippen molar-refractivity contribution in [3.05, 3.63) is 0 Å². The van der Waals surface area contributed by atoms with Crippen molar-refractivity contribution in [2.24, 2.45) is 5.92 Å². The minimum atomic E-state index is -0.126. The molecule has 0 saturated heterocycles. The number of likely N-dealkylation sites (N-methyl/N-ethyl adjacent to an activating group) is 1. The van der Waals surface area contributed by atoms with Crippen molar-refractivity contribution in [3.63, 3.8) is 0 Å². The van der Waals surface area contributed by atoms with Crippen LogP contribution in [0.2, 0.25) is 0 Å². The molecule has 1 aliphatic rings. The van der Waals surface area contributed by atoms with Crippen molar-refractivity contribution < 1.29 is 5.11 Å². The maximum Gasteiger partial charge on any atom is 0.0692 e. The Labute approximate surface area is 80.9 Å². The third kappa shape index (κ3) is 4.07. The Bertz CT molecular complexity index is 124. The van der Waals surface area contributed by atoms with E-state index in [1.807, 2.05) is 7.05 Å². The highest BCUT2D eigenvalue weighted by Crippen LogP contribution is 2.27. The summed E-state index contributed by atoms with van der Waals surface area (Å²) in [6.07, 6.45) is 4.92. The number of aliphatic hydroxyl groups is 1. The van der Waals surface area contributed by atoms with Gasteiger partial charge < -0.3 is 15.7 Å². The van der Waals surface area contributed by atoms with Gasteiger partial charge in [-0.25, -0.2) is 0 Å². The Morgan fingerprint density at radius 2 is 2.00 bits per heavy atom. The van der Waals surface area contributed by atoms with Gasteiger partial charge in [0.25, 0.3) is 0 Å². The van der Waals surface area contributed by atoms with E-state index in [9.17, 15) is 5.11 Å². The molecule has 0 aromatic heterocycles. The van der Waals surface area contributed by atoms with Crippen LogP contribution in [0.25, 0.3) is 0 Å². The third-order valence-electron chi connectivity index (χ3n) is 2.85. The van der Waals surface area contributed by atoms with E-state index in [1.165, 1.54) is 25.7 Å². The van der Waals surface area contributed by atoms with Gasteiger partial charge in [0.2, 0.25) is 0 Å². The van der Waals surface area contributed by atoms with Gasteiger partial charge in [0.05, 0.1) is 6.10 Å². The van der Waals surface area contributed by atoms with Gasteiger partial charge in [-0.15, -0.1) is 0 Å². The minimum Gasteiger partial charge on any atom is -0.392 e. The normalized spacial score (nSPS) is 20.8. The van der Waals surface area contributed by atoms with Gasteiger partial charge >= 0.3 is 0 Å². The Kier molecular flexibility index (Phi) is 5.35. The third-order valence-corrected chi connectivity index (χ3v) is 2.85. The molecule has 1 atom stereocenters. The summed E-state index contributed by atoms with van der Waals surface area (Å²) in [5.74, 6) is 0.557. The number of aliphatic hydroxyl groups excluding tert-OH is 1. The van der Waals surface area contributed by atoms with E-state index >= 15 is 0 Å². The average Bonchev–Trinajstić information content (AvgIpc) is 2.65. The highest BCUT2D eigenvalue weighted by atomic mass is 16.3. The molecule has 0 bridgehead atoms. The Balaban J connectivity index is 1.99. The molecule has 1 saturated carbocycles. The van der Waals surface area contributed by atoms with Crippen LogP contribution in [0.5, 0.6) is 0 Å². The van der Waals surface area contributed by atoms with Crippen molar-refractivity contribution in [1.29, 1.82) is 0 Å². The molecule has 1 fully saturated rings. The van der Waals surface area contributed by atoms with E-state index < -0.39 is 0 Å². The molecule has 0 amide bonds. The molecule has 0 unspecified atom stereocenters.